The van der Waals surface area contributed by atoms with Crippen molar-refractivity contribution in [1.82, 2.24) is 5.32 Å². The monoisotopic (exact) mass is 199 g/mol. The maximum atomic E-state index is 10.0. The molecule has 1 heterocycles. The van der Waals surface area contributed by atoms with Gasteiger partial charge in [-0.2, -0.15) is 0 Å². The van der Waals surface area contributed by atoms with Gasteiger partial charge < -0.3 is 15.2 Å². The molecule has 0 radical (unpaired) electrons. The van der Waals surface area contributed by atoms with Crippen molar-refractivity contribution in [1.29, 1.82) is 0 Å². The van der Waals surface area contributed by atoms with E-state index >= 15 is 0 Å². The van der Waals surface area contributed by atoms with Crippen molar-refractivity contribution in [3.8, 4) is 0 Å². The minimum absolute atomic E-state index is 0.496. The van der Waals surface area contributed by atoms with Crippen LogP contribution in [0.25, 0.3) is 0 Å². The van der Waals surface area contributed by atoms with Gasteiger partial charge in [0.2, 0.25) is 0 Å². The number of rotatable bonds is 5. The van der Waals surface area contributed by atoms with Gasteiger partial charge in [0.25, 0.3) is 0 Å². The van der Waals surface area contributed by atoms with Crippen molar-refractivity contribution in [3.05, 3.63) is 0 Å². The largest absolute Gasteiger partial charge is 0.386 e. The minimum Gasteiger partial charge on any atom is -0.386 e. The molecule has 82 valence electrons. The third-order valence-electron chi connectivity index (χ3n) is 3.25. The third kappa shape index (κ3) is 2.94. The van der Waals surface area contributed by atoms with Crippen LogP contribution >= 0.6 is 0 Å². The smallest absolute Gasteiger partial charge is 0.102 e. The number of nitrogens with one attached hydrogen (secondary N) is 1. The second-order valence-electron chi connectivity index (χ2n) is 4.99. The predicted octanol–water partition coefficient (Wildman–Crippen LogP) is 0.916. The normalized spacial score (nSPS) is 34.7. The summed E-state index contributed by atoms with van der Waals surface area (Å²) in [4.78, 5) is 0. The van der Waals surface area contributed by atoms with Gasteiger partial charge in [-0.05, 0) is 19.3 Å². The van der Waals surface area contributed by atoms with E-state index in [9.17, 15) is 5.11 Å². The Bertz CT molecular complexity index is 186. The van der Waals surface area contributed by atoms with Crippen LogP contribution in [0.3, 0.4) is 0 Å². The maximum absolute atomic E-state index is 10.0. The summed E-state index contributed by atoms with van der Waals surface area (Å²) in [6.07, 6.45) is 4.84. The lowest BCUT2D eigenvalue weighted by Crippen LogP contribution is -2.44. The van der Waals surface area contributed by atoms with E-state index in [1.54, 1.807) is 0 Å². The van der Waals surface area contributed by atoms with Crippen LogP contribution in [0.2, 0.25) is 0 Å². The molecule has 14 heavy (non-hydrogen) atoms. The summed E-state index contributed by atoms with van der Waals surface area (Å²) in [6.45, 7) is 4.09. The molecule has 0 bridgehead atoms. The van der Waals surface area contributed by atoms with Crippen LogP contribution in [0.4, 0.5) is 0 Å². The molecule has 2 rings (SSSR count). The van der Waals surface area contributed by atoms with E-state index in [2.05, 4.69) is 12.2 Å². The summed E-state index contributed by atoms with van der Waals surface area (Å²) in [7, 11) is 0. The Morgan fingerprint density at radius 3 is 2.93 bits per heavy atom. The quantitative estimate of drug-likeness (QED) is 0.691. The number of hydrogen-bond donors (Lipinski definition) is 2. The lowest BCUT2D eigenvalue weighted by atomic mass is 10.0. The van der Waals surface area contributed by atoms with Crippen LogP contribution in [-0.4, -0.2) is 36.5 Å². The topological polar surface area (TPSA) is 41.5 Å². The van der Waals surface area contributed by atoms with Gasteiger partial charge in [0, 0.05) is 25.6 Å². The second kappa shape index (κ2) is 4.17. The highest BCUT2D eigenvalue weighted by Gasteiger charge is 2.32. The fourth-order valence-corrected chi connectivity index (χ4v) is 2.04. The predicted molar refractivity (Wildman–Crippen MR) is 55.2 cm³/mol. The number of hydrogen-bond acceptors (Lipinski definition) is 3. The molecule has 2 N–H and O–H groups in total. The molecular weight excluding hydrogens is 178 g/mol. The van der Waals surface area contributed by atoms with Gasteiger partial charge in [-0.3, -0.25) is 0 Å². The summed E-state index contributed by atoms with van der Waals surface area (Å²) in [5, 5.41) is 13.4. The molecule has 2 unspecified atom stereocenters. The van der Waals surface area contributed by atoms with Gasteiger partial charge in [0.15, 0.2) is 0 Å². The summed E-state index contributed by atoms with van der Waals surface area (Å²) in [6, 6.07) is 0.534. The molecule has 1 aliphatic carbocycles. The van der Waals surface area contributed by atoms with Crippen molar-refractivity contribution in [2.75, 3.05) is 19.8 Å². The summed E-state index contributed by atoms with van der Waals surface area (Å²) in [5.41, 5.74) is -0.599. The molecule has 0 spiro atoms. The van der Waals surface area contributed by atoms with Crippen molar-refractivity contribution in [2.45, 2.75) is 44.2 Å². The first-order valence-corrected chi connectivity index (χ1v) is 5.71. The first-order valence-electron chi connectivity index (χ1n) is 5.71. The molecule has 0 amide bonds. The van der Waals surface area contributed by atoms with Crippen molar-refractivity contribution >= 4 is 0 Å². The van der Waals surface area contributed by atoms with E-state index in [1.165, 1.54) is 19.3 Å². The zero-order valence-electron chi connectivity index (χ0n) is 8.96. The first-order chi connectivity index (χ1) is 6.68. The second-order valence-corrected chi connectivity index (χ2v) is 4.99. The molecule has 1 saturated heterocycles. The van der Waals surface area contributed by atoms with Crippen molar-refractivity contribution in [3.63, 3.8) is 0 Å². The molecule has 1 aliphatic heterocycles. The standard InChI is InChI=1S/C11H21NO2/c1-9(6-10-2-3-10)12-7-11(13)4-5-14-8-11/h9-10,12-13H,2-8H2,1H3. The Hall–Kier alpha value is -0.120. The van der Waals surface area contributed by atoms with Gasteiger partial charge in [-0.25, -0.2) is 0 Å². The third-order valence-corrected chi connectivity index (χ3v) is 3.25. The van der Waals surface area contributed by atoms with Crippen molar-refractivity contribution < 1.29 is 9.84 Å². The van der Waals surface area contributed by atoms with Crippen LogP contribution in [0, 0.1) is 5.92 Å². The lowest BCUT2D eigenvalue weighted by molar-refractivity contribution is 0.0249. The van der Waals surface area contributed by atoms with Crippen LogP contribution < -0.4 is 5.32 Å². The van der Waals surface area contributed by atoms with Gasteiger partial charge in [0.05, 0.1) is 6.61 Å². The summed E-state index contributed by atoms with van der Waals surface area (Å²) < 4.78 is 5.20. The average molecular weight is 199 g/mol. The van der Waals surface area contributed by atoms with E-state index in [1.807, 2.05) is 0 Å². The Morgan fingerprint density at radius 2 is 2.36 bits per heavy atom. The molecule has 0 aromatic rings. The average Bonchev–Trinajstić information content (AvgIpc) is 2.85. The molecule has 3 heteroatoms. The molecule has 2 aliphatic rings. The van der Waals surface area contributed by atoms with Crippen LogP contribution in [0.15, 0.2) is 0 Å². The fraction of sp³-hybridized carbons (Fsp3) is 1.00. The van der Waals surface area contributed by atoms with E-state index < -0.39 is 5.60 Å². The Balaban J connectivity index is 1.64. The molecular formula is C11H21NO2. The van der Waals surface area contributed by atoms with E-state index in [0.717, 1.165) is 12.3 Å². The highest BCUT2D eigenvalue weighted by Crippen LogP contribution is 2.33. The van der Waals surface area contributed by atoms with E-state index in [-0.39, 0.29) is 0 Å². The Kier molecular flexibility index (Phi) is 3.10. The fourth-order valence-electron chi connectivity index (χ4n) is 2.04. The molecule has 0 aromatic heterocycles. The van der Waals surface area contributed by atoms with Crippen LogP contribution in [0.5, 0.6) is 0 Å². The highest BCUT2D eigenvalue weighted by atomic mass is 16.5. The number of ether oxygens (including phenoxy) is 1. The Labute approximate surface area is 85.8 Å². The Morgan fingerprint density at radius 1 is 1.57 bits per heavy atom. The highest BCUT2D eigenvalue weighted by molar-refractivity contribution is 4.87. The lowest BCUT2D eigenvalue weighted by Gasteiger charge is -2.23. The SMILES string of the molecule is CC(CC1CC1)NCC1(O)CCOC1. The zero-order valence-corrected chi connectivity index (χ0v) is 8.96. The van der Waals surface area contributed by atoms with Crippen molar-refractivity contribution in [2.24, 2.45) is 5.92 Å². The van der Waals surface area contributed by atoms with Gasteiger partial charge >= 0.3 is 0 Å². The van der Waals surface area contributed by atoms with E-state index in [0.29, 0.717) is 25.8 Å². The minimum atomic E-state index is -0.599. The molecule has 3 nitrogen and oxygen atoms in total. The molecule has 1 saturated carbocycles. The van der Waals surface area contributed by atoms with Gasteiger partial charge in [-0.15, -0.1) is 0 Å². The summed E-state index contributed by atoms with van der Waals surface area (Å²) in [5.74, 6) is 0.951. The van der Waals surface area contributed by atoms with Gasteiger partial charge in [0.1, 0.15) is 5.60 Å². The zero-order chi connectivity index (χ0) is 10.0. The summed E-state index contributed by atoms with van der Waals surface area (Å²) >= 11 is 0. The van der Waals surface area contributed by atoms with Crippen LogP contribution in [0.1, 0.15) is 32.6 Å². The number of aliphatic hydroxyl groups is 1. The van der Waals surface area contributed by atoms with Gasteiger partial charge in [-0.1, -0.05) is 12.8 Å². The van der Waals surface area contributed by atoms with Crippen LogP contribution in [-0.2, 0) is 4.74 Å². The maximum Gasteiger partial charge on any atom is 0.102 e. The molecule has 2 atom stereocenters. The first kappa shape index (κ1) is 10.4. The molecule has 0 aromatic carbocycles. The van der Waals surface area contributed by atoms with E-state index in [4.69, 9.17) is 4.74 Å². The molecule has 2 fully saturated rings.